The van der Waals surface area contributed by atoms with Crippen LogP contribution in [0.15, 0.2) is 89.3 Å². The highest BCUT2D eigenvalue weighted by atomic mass is 32.1. The van der Waals surface area contributed by atoms with Gasteiger partial charge in [0.2, 0.25) is 5.89 Å². The highest BCUT2D eigenvalue weighted by Crippen LogP contribution is 2.40. The van der Waals surface area contributed by atoms with E-state index in [2.05, 4.69) is 79.7 Å². The number of thiophene rings is 1. The van der Waals surface area contributed by atoms with Gasteiger partial charge in [-0.3, -0.25) is 0 Å². The Balaban J connectivity index is 1.45. The number of aromatic nitrogens is 1. The van der Waals surface area contributed by atoms with Gasteiger partial charge >= 0.3 is 0 Å². The Bertz CT molecular complexity index is 1520. The number of hydrogen-bond acceptors (Lipinski definition) is 3. The maximum Gasteiger partial charge on any atom is 0.227 e. The number of oxazole rings is 1. The van der Waals surface area contributed by atoms with Crippen molar-refractivity contribution >= 4 is 42.6 Å². The Morgan fingerprint density at radius 1 is 0.767 bits per heavy atom. The SMILES string of the molecule is CCc1cccc2nc(-c3ccc(-c4cccc5c4sc4ccccc45)cc3)oc12. The molecule has 0 unspecified atom stereocenters. The van der Waals surface area contributed by atoms with Crippen LogP contribution in [0, 0.1) is 0 Å². The Labute approximate surface area is 178 Å². The molecule has 6 aromatic rings. The minimum Gasteiger partial charge on any atom is -0.436 e. The summed E-state index contributed by atoms with van der Waals surface area (Å²) in [5.74, 6) is 0.678. The van der Waals surface area contributed by atoms with E-state index in [9.17, 15) is 0 Å². The van der Waals surface area contributed by atoms with Crippen molar-refractivity contribution in [2.75, 3.05) is 0 Å². The maximum atomic E-state index is 6.12. The summed E-state index contributed by atoms with van der Waals surface area (Å²) in [6.07, 6.45) is 0.935. The van der Waals surface area contributed by atoms with Crippen molar-refractivity contribution < 1.29 is 4.42 Å². The van der Waals surface area contributed by atoms with Gasteiger partial charge in [0, 0.05) is 25.7 Å². The van der Waals surface area contributed by atoms with E-state index in [1.165, 1.54) is 36.9 Å². The van der Waals surface area contributed by atoms with Crippen LogP contribution >= 0.6 is 11.3 Å². The molecule has 0 aliphatic heterocycles. The monoisotopic (exact) mass is 405 g/mol. The van der Waals surface area contributed by atoms with Gasteiger partial charge in [-0.15, -0.1) is 11.3 Å². The standard InChI is InChI=1S/C27H19NOS/c1-2-17-7-5-11-23-25(17)29-27(28-23)19-15-13-18(14-16-19)20-9-6-10-22-21-8-3-4-12-24(21)30-26(20)22/h3-16H,2H2,1H3. The van der Waals surface area contributed by atoms with Crippen molar-refractivity contribution in [3.63, 3.8) is 0 Å². The Morgan fingerprint density at radius 2 is 1.53 bits per heavy atom. The third kappa shape index (κ3) is 2.66. The molecule has 0 amide bonds. The van der Waals surface area contributed by atoms with Crippen LogP contribution < -0.4 is 0 Å². The minimum absolute atomic E-state index is 0.678. The number of fused-ring (bicyclic) bond motifs is 4. The van der Waals surface area contributed by atoms with E-state index in [1.54, 1.807) is 0 Å². The molecule has 2 nitrogen and oxygen atoms in total. The van der Waals surface area contributed by atoms with E-state index in [1.807, 2.05) is 23.5 Å². The molecule has 0 aliphatic carbocycles. The zero-order valence-electron chi connectivity index (χ0n) is 16.6. The van der Waals surface area contributed by atoms with Crippen molar-refractivity contribution in [2.24, 2.45) is 0 Å². The summed E-state index contributed by atoms with van der Waals surface area (Å²) in [5.41, 5.74) is 6.49. The van der Waals surface area contributed by atoms with E-state index >= 15 is 0 Å². The van der Waals surface area contributed by atoms with Crippen LogP contribution in [0.25, 0.3) is 53.9 Å². The third-order valence-electron chi connectivity index (χ3n) is 5.72. The summed E-state index contributed by atoms with van der Waals surface area (Å²) in [7, 11) is 0. The summed E-state index contributed by atoms with van der Waals surface area (Å²) in [6, 6.07) is 29.9. The lowest BCUT2D eigenvalue weighted by Crippen LogP contribution is -1.81. The van der Waals surface area contributed by atoms with Crippen LogP contribution in [0.2, 0.25) is 0 Å². The second kappa shape index (κ2) is 6.82. The van der Waals surface area contributed by atoms with Crippen LogP contribution in [-0.4, -0.2) is 4.98 Å². The van der Waals surface area contributed by atoms with Crippen LogP contribution in [-0.2, 0) is 6.42 Å². The van der Waals surface area contributed by atoms with Gasteiger partial charge in [0.25, 0.3) is 0 Å². The second-order valence-electron chi connectivity index (χ2n) is 7.50. The van der Waals surface area contributed by atoms with Crippen LogP contribution in [0.1, 0.15) is 12.5 Å². The minimum atomic E-state index is 0.678. The molecule has 2 aromatic heterocycles. The molecule has 0 atom stereocenters. The van der Waals surface area contributed by atoms with Crippen LogP contribution in [0.5, 0.6) is 0 Å². The molecule has 0 N–H and O–H groups in total. The molecule has 144 valence electrons. The fourth-order valence-corrected chi connectivity index (χ4v) is 5.41. The van der Waals surface area contributed by atoms with Gasteiger partial charge in [-0.05, 0) is 47.4 Å². The molecule has 0 spiro atoms. The first-order valence-corrected chi connectivity index (χ1v) is 11.0. The van der Waals surface area contributed by atoms with E-state index in [0.717, 1.165) is 23.1 Å². The van der Waals surface area contributed by atoms with Gasteiger partial charge < -0.3 is 4.42 Å². The van der Waals surface area contributed by atoms with E-state index in [0.29, 0.717) is 5.89 Å². The highest BCUT2D eigenvalue weighted by Gasteiger charge is 2.13. The summed E-state index contributed by atoms with van der Waals surface area (Å²) in [5, 5.41) is 2.65. The maximum absolute atomic E-state index is 6.12. The summed E-state index contributed by atoms with van der Waals surface area (Å²) in [6.45, 7) is 2.14. The normalized spacial score (nSPS) is 11.6. The summed E-state index contributed by atoms with van der Waals surface area (Å²) >= 11 is 1.86. The molecule has 4 aromatic carbocycles. The quantitative estimate of drug-likeness (QED) is 0.297. The molecule has 6 rings (SSSR count). The zero-order valence-corrected chi connectivity index (χ0v) is 17.4. The molecule has 0 bridgehead atoms. The predicted octanol–water partition coefficient (Wildman–Crippen LogP) is 8.09. The molecule has 0 saturated heterocycles. The fourth-order valence-electron chi connectivity index (χ4n) is 4.17. The zero-order chi connectivity index (χ0) is 20.1. The van der Waals surface area contributed by atoms with E-state index < -0.39 is 0 Å². The Kier molecular flexibility index (Phi) is 3.96. The molecule has 0 fully saturated rings. The number of nitrogens with zero attached hydrogens (tertiary/aromatic N) is 1. The van der Waals surface area contributed by atoms with Crippen LogP contribution in [0.3, 0.4) is 0 Å². The number of hydrogen-bond donors (Lipinski definition) is 0. The number of para-hydroxylation sites is 1. The smallest absolute Gasteiger partial charge is 0.227 e. The molecule has 0 saturated carbocycles. The third-order valence-corrected chi connectivity index (χ3v) is 6.94. The number of aryl methyl sites for hydroxylation is 1. The van der Waals surface area contributed by atoms with Crippen molar-refractivity contribution in [1.82, 2.24) is 4.98 Å². The lowest BCUT2D eigenvalue weighted by molar-refractivity contribution is 0.615. The molecule has 30 heavy (non-hydrogen) atoms. The van der Waals surface area contributed by atoms with Crippen molar-refractivity contribution in [1.29, 1.82) is 0 Å². The van der Waals surface area contributed by atoms with Gasteiger partial charge in [0.1, 0.15) is 5.52 Å². The topological polar surface area (TPSA) is 26.0 Å². The largest absolute Gasteiger partial charge is 0.436 e. The summed E-state index contributed by atoms with van der Waals surface area (Å²) in [4.78, 5) is 4.71. The lowest BCUT2D eigenvalue weighted by Gasteiger charge is -2.04. The van der Waals surface area contributed by atoms with Gasteiger partial charge in [-0.2, -0.15) is 0 Å². The fraction of sp³-hybridized carbons (Fsp3) is 0.0741. The predicted molar refractivity (Wildman–Crippen MR) is 127 cm³/mol. The van der Waals surface area contributed by atoms with Gasteiger partial charge in [0.05, 0.1) is 0 Å². The number of rotatable bonds is 3. The van der Waals surface area contributed by atoms with Crippen molar-refractivity contribution in [3.05, 3.63) is 90.5 Å². The average Bonchev–Trinajstić information content (AvgIpc) is 3.40. The van der Waals surface area contributed by atoms with Gasteiger partial charge in [-0.25, -0.2) is 4.98 Å². The molecule has 0 radical (unpaired) electrons. The first-order chi connectivity index (χ1) is 14.8. The molecule has 3 heteroatoms. The highest BCUT2D eigenvalue weighted by molar-refractivity contribution is 7.26. The molecular weight excluding hydrogens is 386 g/mol. The Morgan fingerprint density at radius 3 is 2.40 bits per heavy atom. The first kappa shape index (κ1) is 17.4. The number of benzene rings is 4. The van der Waals surface area contributed by atoms with Crippen molar-refractivity contribution in [3.8, 4) is 22.6 Å². The van der Waals surface area contributed by atoms with E-state index in [-0.39, 0.29) is 0 Å². The van der Waals surface area contributed by atoms with Crippen LogP contribution in [0.4, 0.5) is 0 Å². The summed E-state index contributed by atoms with van der Waals surface area (Å²) < 4.78 is 8.79. The molecular formula is C27H19NOS. The molecule has 2 heterocycles. The van der Waals surface area contributed by atoms with Gasteiger partial charge in [0.15, 0.2) is 5.58 Å². The Hall–Kier alpha value is -3.43. The van der Waals surface area contributed by atoms with Gasteiger partial charge in [-0.1, -0.05) is 67.6 Å². The van der Waals surface area contributed by atoms with E-state index in [4.69, 9.17) is 9.40 Å². The second-order valence-corrected chi connectivity index (χ2v) is 8.55. The lowest BCUT2D eigenvalue weighted by atomic mass is 10.0. The first-order valence-electron chi connectivity index (χ1n) is 10.2. The van der Waals surface area contributed by atoms with Crippen molar-refractivity contribution in [2.45, 2.75) is 13.3 Å². The molecule has 0 aliphatic rings. The average molecular weight is 406 g/mol.